The Morgan fingerprint density at radius 1 is 1.50 bits per heavy atom. The molecule has 0 saturated heterocycles. The molecule has 3 N–H and O–H groups in total. The van der Waals surface area contributed by atoms with Gasteiger partial charge < -0.3 is 15.5 Å². The maximum atomic E-state index is 11.7. The molecule has 0 aliphatic carbocycles. The van der Waals surface area contributed by atoms with Gasteiger partial charge in [0.1, 0.15) is 5.76 Å². The van der Waals surface area contributed by atoms with E-state index in [-0.39, 0.29) is 11.9 Å². The summed E-state index contributed by atoms with van der Waals surface area (Å²) in [5.41, 5.74) is 5.78. The SMILES string of the molecule is CC(C)CC(N)C(=O)NC(C)c1ccco1. The maximum Gasteiger partial charge on any atom is 0.237 e. The fourth-order valence-corrected chi connectivity index (χ4v) is 1.54. The standard InChI is InChI=1S/C12H20N2O2/c1-8(2)7-10(13)12(15)14-9(3)11-5-4-6-16-11/h4-6,8-10H,7,13H2,1-3H3,(H,14,15). The number of hydrogen-bond donors (Lipinski definition) is 2. The highest BCUT2D eigenvalue weighted by atomic mass is 16.3. The average molecular weight is 224 g/mol. The van der Waals surface area contributed by atoms with Gasteiger partial charge >= 0.3 is 0 Å². The van der Waals surface area contributed by atoms with Crippen LogP contribution < -0.4 is 11.1 Å². The first-order valence-electron chi connectivity index (χ1n) is 5.60. The Morgan fingerprint density at radius 2 is 2.19 bits per heavy atom. The van der Waals surface area contributed by atoms with Crippen molar-refractivity contribution in [2.24, 2.45) is 11.7 Å². The summed E-state index contributed by atoms with van der Waals surface area (Å²) in [5.74, 6) is 1.03. The average Bonchev–Trinajstić information content (AvgIpc) is 2.68. The molecule has 0 fully saturated rings. The van der Waals surface area contributed by atoms with Gasteiger partial charge in [-0.15, -0.1) is 0 Å². The lowest BCUT2D eigenvalue weighted by atomic mass is 10.0. The van der Waals surface area contributed by atoms with E-state index in [4.69, 9.17) is 10.2 Å². The monoisotopic (exact) mass is 224 g/mol. The van der Waals surface area contributed by atoms with E-state index in [9.17, 15) is 4.79 Å². The van der Waals surface area contributed by atoms with Gasteiger partial charge in [0.2, 0.25) is 5.91 Å². The normalized spacial score (nSPS) is 14.8. The molecule has 1 rings (SSSR count). The first-order chi connectivity index (χ1) is 7.50. The number of carbonyl (C=O) groups excluding carboxylic acids is 1. The summed E-state index contributed by atoms with van der Waals surface area (Å²) in [5, 5.41) is 2.83. The smallest absolute Gasteiger partial charge is 0.237 e. The zero-order valence-electron chi connectivity index (χ0n) is 10.1. The molecule has 0 bridgehead atoms. The van der Waals surface area contributed by atoms with Gasteiger partial charge in [-0.3, -0.25) is 4.79 Å². The van der Waals surface area contributed by atoms with Crippen molar-refractivity contribution in [2.75, 3.05) is 0 Å². The summed E-state index contributed by atoms with van der Waals surface area (Å²) in [4.78, 5) is 11.7. The molecule has 16 heavy (non-hydrogen) atoms. The summed E-state index contributed by atoms with van der Waals surface area (Å²) in [6.07, 6.45) is 2.28. The molecule has 1 amide bonds. The number of nitrogens with one attached hydrogen (secondary N) is 1. The number of rotatable bonds is 5. The van der Waals surface area contributed by atoms with Crippen LogP contribution in [0.15, 0.2) is 22.8 Å². The van der Waals surface area contributed by atoms with Crippen LogP contribution in [0.4, 0.5) is 0 Å². The van der Waals surface area contributed by atoms with Crippen molar-refractivity contribution in [3.63, 3.8) is 0 Å². The maximum absolute atomic E-state index is 11.7. The van der Waals surface area contributed by atoms with Crippen LogP contribution in [-0.2, 0) is 4.79 Å². The van der Waals surface area contributed by atoms with E-state index in [1.807, 2.05) is 26.8 Å². The van der Waals surface area contributed by atoms with Gasteiger partial charge in [-0.05, 0) is 31.4 Å². The fraction of sp³-hybridized carbons (Fsp3) is 0.583. The van der Waals surface area contributed by atoms with Crippen molar-refractivity contribution in [2.45, 2.75) is 39.3 Å². The quantitative estimate of drug-likeness (QED) is 0.801. The second-order valence-electron chi connectivity index (χ2n) is 4.48. The highest BCUT2D eigenvalue weighted by Gasteiger charge is 2.18. The van der Waals surface area contributed by atoms with E-state index in [0.29, 0.717) is 12.3 Å². The molecular weight excluding hydrogens is 204 g/mol. The fourth-order valence-electron chi connectivity index (χ4n) is 1.54. The molecule has 4 nitrogen and oxygen atoms in total. The highest BCUT2D eigenvalue weighted by Crippen LogP contribution is 2.12. The van der Waals surface area contributed by atoms with Crippen LogP contribution in [0.3, 0.4) is 0 Å². The summed E-state index contributed by atoms with van der Waals surface area (Å²) < 4.78 is 5.20. The van der Waals surface area contributed by atoms with Gasteiger partial charge in [-0.2, -0.15) is 0 Å². The van der Waals surface area contributed by atoms with E-state index < -0.39 is 6.04 Å². The van der Waals surface area contributed by atoms with Crippen LogP contribution in [0, 0.1) is 5.92 Å². The lowest BCUT2D eigenvalue weighted by Crippen LogP contribution is -2.42. The second-order valence-corrected chi connectivity index (χ2v) is 4.48. The van der Waals surface area contributed by atoms with Crippen LogP contribution in [0.2, 0.25) is 0 Å². The molecule has 0 radical (unpaired) electrons. The molecule has 0 saturated carbocycles. The van der Waals surface area contributed by atoms with Gasteiger partial charge in [0.25, 0.3) is 0 Å². The Hall–Kier alpha value is -1.29. The minimum Gasteiger partial charge on any atom is -0.467 e. The molecule has 0 aromatic carbocycles. The summed E-state index contributed by atoms with van der Waals surface area (Å²) in [6.45, 7) is 5.96. The highest BCUT2D eigenvalue weighted by molar-refractivity contribution is 5.81. The third kappa shape index (κ3) is 3.70. The topological polar surface area (TPSA) is 68.3 Å². The Morgan fingerprint density at radius 3 is 2.69 bits per heavy atom. The summed E-state index contributed by atoms with van der Waals surface area (Å²) >= 11 is 0. The van der Waals surface area contributed by atoms with Crippen LogP contribution in [0.1, 0.15) is 39.0 Å². The summed E-state index contributed by atoms with van der Waals surface area (Å²) in [6, 6.07) is 3.04. The minimum absolute atomic E-state index is 0.127. The molecule has 90 valence electrons. The van der Waals surface area contributed by atoms with E-state index in [1.54, 1.807) is 12.3 Å². The van der Waals surface area contributed by atoms with Crippen LogP contribution in [0.25, 0.3) is 0 Å². The molecule has 1 heterocycles. The Bertz CT molecular complexity index is 320. The largest absolute Gasteiger partial charge is 0.467 e. The number of hydrogen-bond acceptors (Lipinski definition) is 3. The summed E-state index contributed by atoms with van der Waals surface area (Å²) in [7, 11) is 0. The van der Waals surface area contributed by atoms with Crippen LogP contribution >= 0.6 is 0 Å². The van der Waals surface area contributed by atoms with Gasteiger partial charge in [-0.1, -0.05) is 13.8 Å². The Kier molecular flexibility index (Phi) is 4.55. The van der Waals surface area contributed by atoms with Crippen molar-refractivity contribution in [1.82, 2.24) is 5.32 Å². The van der Waals surface area contributed by atoms with E-state index in [0.717, 1.165) is 5.76 Å². The molecular formula is C12H20N2O2. The first kappa shape index (κ1) is 12.8. The molecule has 2 unspecified atom stereocenters. The Labute approximate surface area is 96.2 Å². The lowest BCUT2D eigenvalue weighted by Gasteiger charge is -2.17. The zero-order chi connectivity index (χ0) is 12.1. The number of furan rings is 1. The van der Waals surface area contributed by atoms with Crippen molar-refractivity contribution >= 4 is 5.91 Å². The van der Waals surface area contributed by atoms with Gasteiger partial charge in [0.05, 0.1) is 18.3 Å². The van der Waals surface area contributed by atoms with E-state index >= 15 is 0 Å². The van der Waals surface area contributed by atoms with Crippen molar-refractivity contribution in [3.05, 3.63) is 24.2 Å². The number of nitrogens with two attached hydrogens (primary N) is 1. The minimum atomic E-state index is -0.447. The van der Waals surface area contributed by atoms with E-state index in [2.05, 4.69) is 5.32 Å². The molecule has 1 aromatic rings. The second kappa shape index (κ2) is 5.70. The molecule has 2 atom stereocenters. The molecule has 0 spiro atoms. The predicted molar refractivity (Wildman–Crippen MR) is 62.7 cm³/mol. The van der Waals surface area contributed by atoms with Gasteiger partial charge in [0.15, 0.2) is 0 Å². The number of amides is 1. The van der Waals surface area contributed by atoms with Crippen molar-refractivity contribution in [3.8, 4) is 0 Å². The molecule has 0 aliphatic rings. The predicted octanol–water partition coefficient (Wildman–Crippen LogP) is 1.83. The third-order valence-corrected chi connectivity index (χ3v) is 2.39. The van der Waals surface area contributed by atoms with Crippen molar-refractivity contribution < 1.29 is 9.21 Å². The molecule has 1 aromatic heterocycles. The molecule has 0 aliphatic heterocycles. The third-order valence-electron chi connectivity index (χ3n) is 2.39. The number of carbonyl (C=O) groups is 1. The van der Waals surface area contributed by atoms with E-state index in [1.165, 1.54) is 0 Å². The molecule has 4 heteroatoms. The van der Waals surface area contributed by atoms with Crippen molar-refractivity contribution in [1.29, 1.82) is 0 Å². The lowest BCUT2D eigenvalue weighted by molar-refractivity contribution is -0.123. The van der Waals surface area contributed by atoms with Gasteiger partial charge in [-0.25, -0.2) is 0 Å². The van der Waals surface area contributed by atoms with Crippen LogP contribution in [0.5, 0.6) is 0 Å². The first-order valence-corrected chi connectivity index (χ1v) is 5.60. The Balaban J connectivity index is 2.45. The zero-order valence-corrected chi connectivity index (χ0v) is 10.1. The van der Waals surface area contributed by atoms with Gasteiger partial charge in [0, 0.05) is 0 Å². The van der Waals surface area contributed by atoms with Crippen LogP contribution in [-0.4, -0.2) is 11.9 Å².